The number of aromatic carboxylic acids is 1. The standard InChI is InChI=1S/C19H16N2O4S/c1-21-17(22)16(10-12-6-8-15(25-2)9-7-12)26-19(21)20-14-5-3-4-13(11-14)18(23)24/h3-11H,1-2H3,(H,23,24)/b16-10-,20-19?. The van der Waals surface area contributed by atoms with Gasteiger partial charge >= 0.3 is 5.97 Å². The third-order valence-electron chi connectivity index (χ3n) is 3.74. The predicted molar refractivity (Wildman–Crippen MR) is 102 cm³/mol. The van der Waals surface area contributed by atoms with Crippen molar-refractivity contribution in [2.24, 2.45) is 4.99 Å². The largest absolute Gasteiger partial charge is 0.497 e. The second-order valence-electron chi connectivity index (χ2n) is 5.50. The minimum Gasteiger partial charge on any atom is -0.497 e. The number of nitrogens with zero attached hydrogens (tertiary/aromatic N) is 2. The number of amidine groups is 1. The minimum absolute atomic E-state index is 0.151. The first-order chi connectivity index (χ1) is 12.5. The fourth-order valence-corrected chi connectivity index (χ4v) is 3.31. The van der Waals surface area contributed by atoms with E-state index in [0.29, 0.717) is 15.8 Å². The lowest BCUT2D eigenvalue weighted by atomic mass is 10.2. The maximum Gasteiger partial charge on any atom is 0.335 e. The summed E-state index contributed by atoms with van der Waals surface area (Å²) in [4.78, 5) is 29.9. The van der Waals surface area contributed by atoms with Crippen molar-refractivity contribution in [1.82, 2.24) is 4.90 Å². The molecule has 2 aromatic rings. The normalized spacial score (nSPS) is 17.2. The lowest BCUT2D eigenvalue weighted by Crippen LogP contribution is -2.23. The number of aliphatic imine (C=N–C) groups is 1. The van der Waals surface area contributed by atoms with Gasteiger partial charge in [-0.05, 0) is 53.7 Å². The monoisotopic (exact) mass is 368 g/mol. The van der Waals surface area contributed by atoms with Crippen molar-refractivity contribution < 1.29 is 19.4 Å². The van der Waals surface area contributed by atoms with Crippen LogP contribution in [0.25, 0.3) is 6.08 Å². The summed E-state index contributed by atoms with van der Waals surface area (Å²) in [6, 6.07) is 13.7. The Hall–Kier alpha value is -3.06. The fourth-order valence-electron chi connectivity index (χ4n) is 2.32. The highest BCUT2D eigenvalue weighted by Crippen LogP contribution is 2.33. The van der Waals surface area contributed by atoms with Crippen LogP contribution in [0.15, 0.2) is 58.4 Å². The van der Waals surface area contributed by atoms with E-state index in [9.17, 15) is 9.59 Å². The van der Waals surface area contributed by atoms with Crippen LogP contribution in [0.3, 0.4) is 0 Å². The van der Waals surface area contributed by atoms with E-state index in [1.807, 2.05) is 24.3 Å². The van der Waals surface area contributed by atoms with Crippen molar-refractivity contribution in [1.29, 1.82) is 0 Å². The first-order valence-corrected chi connectivity index (χ1v) is 8.53. The summed E-state index contributed by atoms with van der Waals surface area (Å²) in [5.41, 5.74) is 1.51. The molecule has 0 atom stereocenters. The second kappa shape index (κ2) is 7.45. The van der Waals surface area contributed by atoms with Gasteiger partial charge in [-0.25, -0.2) is 9.79 Å². The van der Waals surface area contributed by atoms with E-state index in [4.69, 9.17) is 9.84 Å². The highest BCUT2D eigenvalue weighted by Gasteiger charge is 2.30. The van der Waals surface area contributed by atoms with Gasteiger partial charge in [0.25, 0.3) is 5.91 Å². The van der Waals surface area contributed by atoms with Crippen LogP contribution in [0.4, 0.5) is 5.69 Å². The molecule has 1 amide bonds. The fraction of sp³-hybridized carbons (Fsp3) is 0.105. The molecule has 3 rings (SSSR count). The zero-order valence-electron chi connectivity index (χ0n) is 14.2. The lowest BCUT2D eigenvalue weighted by Gasteiger charge is -2.07. The molecule has 1 aliphatic rings. The van der Waals surface area contributed by atoms with Crippen LogP contribution >= 0.6 is 11.8 Å². The molecule has 0 aromatic heterocycles. The number of hydrogen-bond acceptors (Lipinski definition) is 5. The van der Waals surface area contributed by atoms with E-state index in [-0.39, 0.29) is 11.5 Å². The number of likely N-dealkylation sites (N-methyl/N-ethyl adjacent to an activating group) is 1. The molecule has 0 spiro atoms. The number of carboxylic acid groups (broad SMARTS) is 1. The Bertz CT molecular complexity index is 919. The summed E-state index contributed by atoms with van der Waals surface area (Å²) in [6.45, 7) is 0. The van der Waals surface area contributed by atoms with E-state index in [0.717, 1.165) is 11.3 Å². The molecule has 0 bridgehead atoms. The molecule has 26 heavy (non-hydrogen) atoms. The van der Waals surface area contributed by atoms with Gasteiger partial charge < -0.3 is 9.84 Å². The average Bonchev–Trinajstić information content (AvgIpc) is 2.90. The van der Waals surface area contributed by atoms with E-state index < -0.39 is 5.97 Å². The predicted octanol–water partition coefficient (Wildman–Crippen LogP) is 3.63. The van der Waals surface area contributed by atoms with Crippen LogP contribution in [0.1, 0.15) is 15.9 Å². The summed E-state index contributed by atoms with van der Waals surface area (Å²) in [5, 5.41) is 9.57. The van der Waals surface area contributed by atoms with Crippen LogP contribution in [0.5, 0.6) is 5.75 Å². The van der Waals surface area contributed by atoms with Gasteiger partial charge in [-0.15, -0.1) is 0 Å². The third-order valence-corrected chi connectivity index (χ3v) is 4.80. The molecule has 1 N–H and O–H groups in total. The SMILES string of the molecule is COc1ccc(/C=C2\SC(=Nc3cccc(C(=O)O)c3)N(C)C2=O)cc1. The number of carbonyl (C=O) groups is 2. The van der Waals surface area contributed by atoms with Gasteiger partial charge in [0.2, 0.25) is 0 Å². The maximum atomic E-state index is 12.4. The van der Waals surface area contributed by atoms with Crippen molar-refractivity contribution in [3.63, 3.8) is 0 Å². The van der Waals surface area contributed by atoms with Crippen molar-refractivity contribution in [3.05, 3.63) is 64.6 Å². The Morgan fingerprint density at radius 1 is 1.23 bits per heavy atom. The first-order valence-electron chi connectivity index (χ1n) is 7.71. The molecule has 6 nitrogen and oxygen atoms in total. The Labute approximate surface area is 154 Å². The number of methoxy groups -OCH3 is 1. The summed E-state index contributed by atoms with van der Waals surface area (Å²) in [7, 11) is 3.24. The zero-order valence-corrected chi connectivity index (χ0v) is 15.0. The summed E-state index contributed by atoms with van der Waals surface area (Å²) < 4.78 is 5.13. The Morgan fingerprint density at radius 2 is 1.96 bits per heavy atom. The number of benzene rings is 2. The number of hydrogen-bond donors (Lipinski definition) is 1. The van der Waals surface area contributed by atoms with Crippen molar-refractivity contribution >= 4 is 40.6 Å². The number of ether oxygens (including phenoxy) is 1. The van der Waals surface area contributed by atoms with Gasteiger partial charge in [-0.2, -0.15) is 0 Å². The number of amides is 1. The molecule has 1 fully saturated rings. The van der Waals surface area contributed by atoms with Gasteiger partial charge in [-0.1, -0.05) is 18.2 Å². The number of carboxylic acids is 1. The Morgan fingerprint density at radius 3 is 2.62 bits per heavy atom. The van der Waals surface area contributed by atoms with E-state index in [1.165, 1.54) is 28.8 Å². The molecule has 1 aliphatic heterocycles. The molecule has 0 radical (unpaired) electrons. The third kappa shape index (κ3) is 3.78. The molecule has 0 saturated carbocycles. The summed E-state index contributed by atoms with van der Waals surface area (Å²) in [6.07, 6.45) is 1.79. The minimum atomic E-state index is -1.02. The second-order valence-corrected chi connectivity index (χ2v) is 6.51. The van der Waals surface area contributed by atoms with E-state index in [2.05, 4.69) is 4.99 Å². The van der Waals surface area contributed by atoms with Crippen LogP contribution in [-0.2, 0) is 4.79 Å². The Balaban J connectivity index is 1.87. The molecule has 7 heteroatoms. The zero-order chi connectivity index (χ0) is 18.7. The molecule has 0 aliphatic carbocycles. The first kappa shape index (κ1) is 17.8. The van der Waals surface area contributed by atoms with Crippen LogP contribution in [0.2, 0.25) is 0 Å². The molecule has 2 aromatic carbocycles. The van der Waals surface area contributed by atoms with Gasteiger partial charge in [0.1, 0.15) is 5.75 Å². The van der Waals surface area contributed by atoms with Gasteiger partial charge in [-0.3, -0.25) is 9.69 Å². The molecule has 132 valence electrons. The van der Waals surface area contributed by atoms with Gasteiger partial charge in [0, 0.05) is 7.05 Å². The molecule has 1 saturated heterocycles. The highest BCUT2D eigenvalue weighted by molar-refractivity contribution is 8.18. The van der Waals surface area contributed by atoms with Crippen molar-refractivity contribution in [2.75, 3.05) is 14.2 Å². The van der Waals surface area contributed by atoms with E-state index >= 15 is 0 Å². The molecule has 0 unspecified atom stereocenters. The number of carbonyl (C=O) groups excluding carboxylic acids is 1. The van der Waals surface area contributed by atoms with Gasteiger partial charge in [0.05, 0.1) is 23.3 Å². The lowest BCUT2D eigenvalue weighted by molar-refractivity contribution is -0.121. The maximum absolute atomic E-state index is 12.4. The topological polar surface area (TPSA) is 79.2 Å². The van der Waals surface area contributed by atoms with E-state index in [1.54, 1.807) is 32.4 Å². The smallest absolute Gasteiger partial charge is 0.335 e. The van der Waals surface area contributed by atoms with Crippen LogP contribution in [-0.4, -0.2) is 41.2 Å². The molecule has 1 heterocycles. The summed E-state index contributed by atoms with van der Waals surface area (Å²) in [5.74, 6) is -0.426. The number of thioether (sulfide) groups is 1. The van der Waals surface area contributed by atoms with Crippen molar-refractivity contribution in [3.8, 4) is 5.75 Å². The van der Waals surface area contributed by atoms with Crippen LogP contribution in [0, 0.1) is 0 Å². The summed E-state index contributed by atoms with van der Waals surface area (Å²) >= 11 is 1.25. The highest BCUT2D eigenvalue weighted by atomic mass is 32.2. The van der Waals surface area contributed by atoms with Crippen molar-refractivity contribution in [2.45, 2.75) is 0 Å². The number of rotatable bonds is 4. The van der Waals surface area contributed by atoms with Gasteiger partial charge in [0.15, 0.2) is 5.17 Å². The Kier molecular flexibility index (Phi) is 5.09. The molecular weight excluding hydrogens is 352 g/mol. The quantitative estimate of drug-likeness (QED) is 0.834. The molecular formula is C19H16N2O4S. The van der Waals surface area contributed by atoms with Crippen LogP contribution < -0.4 is 4.74 Å². The average molecular weight is 368 g/mol.